The van der Waals surface area contributed by atoms with Gasteiger partial charge in [-0.25, -0.2) is 0 Å². The number of rotatable bonds is 4. The number of carboxylic acids is 1. The Labute approximate surface area is 243 Å². The average molecular weight is 547 g/mol. The number of aliphatic carboxylic acids is 1. The topological polar surface area (TPSA) is 46.5 Å². The van der Waals surface area contributed by atoms with E-state index >= 15 is 0 Å². The van der Waals surface area contributed by atoms with Gasteiger partial charge in [-0.05, 0) is 122 Å². The summed E-state index contributed by atoms with van der Waals surface area (Å²) in [5.74, 6) is 1.14. The van der Waals surface area contributed by atoms with Gasteiger partial charge in [-0.2, -0.15) is 0 Å². The molecule has 220 valence electrons. The first-order valence-corrected chi connectivity index (χ1v) is 16.3. The maximum absolute atomic E-state index is 12.4. The summed E-state index contributed by atoms with van der Waals surface area (Å²) in [6.45, 7) is 18.1. The molecule has 9 atom stereocenters. The van der Waals surface area contributed by atoms with Crippen molar-refractivity contribution >= 4 is 5.97 Å². The van der Waals surface area contributed by atoms with Gasteiger partial charge in [-0.3, -0.25) is 4.79 Å². The molecule has 5 aliphatic carbocycles. The maximum Gasteiger partial charge on any atom is 0.309 e. The van der Waals surface area contributed by atoms with Gasteiger partial charge in [-0.15, -0.1) is 0 Å². The third-order valence-corrected chi connectivity index (χ3v) is 14.6. The zero-order chi connectivity index (χ0) is 28.8. The zero-order valence-corrected chi connectivity index (χ0v) is 26.3. The second kappa shape index (κ2) is 9.19. The van der Waals surface area contributed by atoms with Crippen molar-refractivity contribution in [2.24, 2.45) is 50.2 Å². The van der Waals surface area contributed by atoms with Crippen LogP contribution in [0.4, 0.5) is 0 Å². The van der Waals surface area contributed by atoms with E-state index in [4.69, 9.17) is 4.74 Å². The summed E-state index contributed by atoms with van der Waals surface area (Å²) in [5, 5.41) is 10.2. The van der Waals surface area contributed by atoms with Gasteiger partial charge in [0, 0.05) is 0 Å². The van der Waals surface area contributed by atoms with E-state index in [0.29, 0.717) is 35.9 Å². The van der Waals surface area contributed by atoms with Crippen molar-refractivity contribution in [1.82, 2.24) is 0 Å². The van der Waals surface area contributed by atoms with E-state index in [9.17, 15) is 9.90 Å². The highest BCUT2D eigenvalue weighted by Gasteiger charge is 2.68. The van der Waals surface area contributed by atoms with Crippen molar-refractivity contribution < 1.29 is 14.6 Å². The van der Waals surface area contributed by atoms with Gasteiger partial charge in [0.05, 0.1) is 18.1 Å². The molecule has 5 aliphatic rings. The summed E-state index contributed by atoms with van der Waals surface area (Å²) < 4.78 is 6.69. The first-order valence-electron chi connectivity index (χ1n) is 16.3. The molecule has 0 bridgehead atoms. The number of hydrogen-bond acceptors (Lipinski definition) is 2. The molecule has 0 aliphatic heterocycles. The number of ether oxygens (including phenoxy) is 1. The van der Waals surface area contributed by atoms with Crippen LogP contribution in [0.25, 0.3) is 0 Å². The monoisotopic (exact) mass is 546 g/mol. The van der Waals surface area contributed by atoms with Crippen molar-refractivity contribution in [3.63, 3.8) is 0 Å². The van der Waals surface area contributed by atoms with Gasteiger partial charge >= 0.3 is 5.97 Å². The predicted octanol–water partition coefficient (Wildman–Crippen LogP) is 9.46. The Bertz CT molecular complexity index is 1190. The van der Waals surface area contributed by atoms with E-state index in [2.05, 4.69) is 78.0 Å². The molecule has 40 heavy (non-hydrogen) atoms. The second-order valence-electron chi connectivity index (χ2n) is 16.7. The molecule has 0 radical (unpaired) electrons. The lowest BCUT2D eigenvalue weighted by atomic mass is 9.33. The molecule has 1 aromatic carbocycles. The Morgan fingerprint density at radius 1 is 0.875 bits per heavy atom. The molecular formula is C37H54O3. The smallest absolute Gasteiger partial charge is 0.309 e. The number of carbonyl (C=O) groups is 1. The summed E-state index contributed by atoms with van der Waals surface area (Å²) in [7, 11) is 0. The number of fused-ring (bicyclic) bond motifs is 7. The molecule has 3 nitrogen and oxygen atoms in total. The van der Waals surface area contributed by atoms with Crippen LogP contribution in [0.1, 0.15) is 118 Å². The molecule has 6 rings (SSSR count). The molecular weight excluding hydrogens is 492 g/mol. The van der Waals surface area contributed by atoms with Gasteiger partial charge in [0.15, 0.2) is 0 Å². The lowest BCUT2D eigenvalue weighted by molar-refractivity contribution is -0.213. The van der Waals surface area contributed by atoms with Crippen molar-refractivity contribution in [2.75, 3.05) is 0 Å². The van der Waals surface area contributed by atoms with E-state index in [1.807, 2.05) is 6.92 Å². The van der Waals surface area contributed by atoms with Crippen LogP contribution in [0.2, 0.25) is 0 Å². The highest BCUT2D eigenvalue weighted by molar-refractivity contribution is 5.74. The SMILES string of the molecule is CC1(C)C2CCC3(C)C(CC=C4[C@@H]5C[C@@](C)(C(=O)O)CC[C@]5(C)CC[C@]43C)[C@@]2(C)CC[C@H]1OCc1ccccc1. The van der Waals surface area contributed by atoms with E-state index in [1.54, 1.807) is 5.57 Å². The maximum atomic E-state index is 12.4. The molecule has 0 heterocycles. The molecule has 4 fully saturated rings. The van der Waals surface area contributed by atoms with Crippen molar-refractivity contribution in [3.05, 3.63) is 47.5 Å². The first-order chi connectivity index (χ1) is 18.7. The Morgan fingerprint density at radius 2 is 1.57 bits per heavy atom. The fourth-order valence-corrected chi connectivity index (χ4v) is 11.6. The third-order valence-electron chi connectivity index (χ3n) is 14.6. The van der Waals surface area contributed by atoms with Crippen LogP contribution in [0.3, 0.4) is 0 Å². The van der Waals surface area contributed by atoms with E-state index in [1.165, 1.54) is 37.7 Å². The summed E-state index contributed by atoms with van der Waals surface area (Å²) in [4.78, 5) is 12.4. The largest absolute Gasteiger partial charge is 0.481 e. The molecule has 0 amide bonds. The Kier molecular flexibility index (Phi) is 6.55. The first kappa shape index (κ1) is 28.5. The normalized spacial score (nSPS) is 47.6. The summed E-state index contributed by atoms with van der Waals surface area (Å²) >= 11 is 0. The molecule has 1 aromatic rings. The van der Waals surface area contributed by atoms with Crippen LogP contribution in [0.5, 0.6) is 0 Å². The zero-order valence-electron chi connectivity index (χ0n) is 26.3. The average Bonchev–Trinajstić information content (AvgIpc) is 2.90. The summed E-state index contributed by atoms with van der Waals surface area (Å²) in [6.07, 6.45) is 14.3. The minimum atomic E-state index is -0.594. The number of hydrogen-bond donors (Lipinski definition) is 1. The quantitative estimate of drug-likeness (QED) is 0.383. The van der Waals surface area contributed by atoms with Gasteiger partial charge in [0.1, 0.15) is 0 Å². The van der Waals surface area contributed by atoms with Gasteiger partial charge in [-0.1, -0.05) is 83.5 Å². The molecule has 4 saturated carbocycles. The minimum absolute atomic E-state index is 0.145. The molecule has 1 N–H and O–H groups in total. The van der Waals surface area contributed by atoms with Gasteiger partial charge in [0.2, 0.25) is 0 Å². The third kappa shape index (κ3) is 3.88. The minimum Gasteiger partial charge on any atom is -0.481 e. The lowest BCUT2D eigenvalue weighted by Gasteiger charge is -2.71. The fourth-order valence-electron chi connectivity index (χ4n) is 11.6. The van der Waals surface area contributed by atoms with Gasteiger partial charge < -0.3 is 9.84 Å². The molecule has 3 unspecified atom stereocenters. The highest BCUT2D eigenvalue weighted by Crippen LogP contribution is 2.75. The van der Waals surface area contributed by atoms with E-state index < -0.39 is 11.4 Å². The predicted molar refractivity (Wildman–Crippen MR) is 162 cm³/mol. The Morgan fingerprint density at radius 3 is 2.27 bits per heavy atom. The van der Waals surface area contributed by atoms with E-state index in [0.717, 1.165) is 32.1 Å². The summed E-state index contributed by atoms with van der Waals surface area (Å²) in [6, 6.07) is 10.7. The second-order valence-corrected chi connectivity index (χ2v) is 16.7. The lowest BCUT2D eigenvalue weighted by Crippen LogP contribution is -2.64. The van der Waals surface area contributed by atoms with Crippen LogP contribution in [0, 0.1) is 50.2 Å². The molecule has 0 saturated heterocycles. The highest BCUT2D eigenvalue weighted by atomic mass is 16.5. The number of benzene rings is 1. The standard InChI is InChI=1S/C37H54O3/c1-32(2)28-15-18-37(7)29(35(28,5)17-16-30(32)40-24-25-11-9-8-10-12-25)14-13-26-27-23-34(4,31(38)39)20-19-33(27,3)21-22-36(26,37)6/h8-13,27-30H,14-24H2,1-7H3,(H,38,39)/t27-,28?,29?,30+,33+,34-,35-,36+,37?/m0/s1. The van der Waals surface area contributed by atoms with Crippen LogP contribution < -0.4 is 0 Å². The van der Waals surface area contributed by atoms with Gasteiger partial charge in [0.25, 0.3) is 0 Å². The van der Waals surface area contributed by atoms with Crippen LogP contribution >= 0.6 is 0 Å². The fraction of sp³-hybridized carbons (Fsp3) is 0.757. The Hall–Kier alpha value is -1.61. The molecule has 3 heteroatoms. The Balaban J connectivity index is 1.30. The van der Waals surface area contributed by atoms with Crippen molar-refractivity contribution in [2.45, 2.75) is 125 Å². The van der Waals surface area contributed by atoms with Crippen LogP contribution in [0.15, 0.2) is 42.0 Å². The summed E-state index contributed by atoms with van der Waals surface area (Å²) in [5.41, 5.74) is 3.45. The molecule has 0 aromatic heterocycles. The van der Waals surface area contributed by atoms with E-state index in [-0.39, 0.29) is 21.7 Å². The van der Waals surface area contributed by atoms with Crippen LogP contribution in [-0.2, 0) is 16.1 Å². The number of allylic oxidation sites excluding steroid dienone is 2. The van der Waals surface area contributed by atoms with Crippen molar-refractivity contribution in [1.29, 1.82) is 0 Å². The van der Waals surface area contributed by atoms with Crippen LogP contribution in [-0.4, -0.2) is 17.2 Å². The molecule has 0 spiro atoms. The van der Waals surface area contributed by atoms with Crippen molar-refractivity contribution in [3.8, 4) is 0 Å². The number of carboxylic acid groups (broad SMARTS) is 1.